The third-order valence-corrected chi connectivity index (χ3v) is 3.97. The Kier molecular flexibility index (Phi) is 7.79. The lowest BCUT2D eigenvalue weighted by molar-refractivity contribution is -0.112. The molecule has 0 spiro atoms. The van der Waals surface area contributed by atoms with E-state index in [1.807, 2.05) is 48.2 Å². The van der Waals surface area contributed by atoms with Crippen molar-refractivity contribution in [3.63, 3.8) is 0 Å². The number of nitriles is 1. The first-order chi connectivity index (χ1) is 13.6. The van der Waals surface area contributed by atoms with Crippen molar-refractivity contribution in [1.29, 1.82) is 5.26 Å². The minimum atomic E-state index is -0.502. The van der Waals surface area contributed by atoms with Crippen molar-refractivity contribution < 1.29 is 14.3 Å². The predicted octanol–water partition coefficient (Wildman–Crippen LogP) is 3.73. The first-order valence-corrected chi connectivity index (χ1v) is 9.05. The molecule has 0 heterocycles. The Balaban J connectivity index is 2.06. The van der Waals surface area contributed by atoms with E-state index in [1.165, 1.54) is 0 Å². The molecule has 0 aliphatic heterocycles. The van der Waals surface area contributed by atoms with Crippen LogP contribution in [0.15, 0.2) is 66.4 Å². The molecule has 0 unspecified atom stereocenters. The van der Waals surface area contributed by atoms with Crippen LogP contribution in [0.3, 0.4) is 0 Å². The molecule has 0 aliphatic carbocycles. The number of hydrogen-bond acceptors (Lipinski definition) is 5. The fraction of sp³-hybridized carbons (Fsp3) is 0.227. The molecule has 0 radical (unpaired) electrons. The highest BCUT2D eigenvalue weighted by Crippen LogP contribution is 2.13. The molecule has 0 bridgehead atoms. The summed E-state index contributed by atoms with van der Waals surface area (Å²) < 4.78 is 4.93. The highest BCUT2D eigenvalue weighted by atomic mass is 16.5. The molecule has 1 amide bonds. The van der Waals surface area contributed by atoms with Crippen molar-refractivity contribution in [3.05, 3.63) is 77.5 Å². The summed E-state index contributed by atoms with van der Waals surface area (Å²) in [7, 11) is 0. The van der Waals surface area contributed by atoms with Gasteiger partial charge >= 0.3 is 5.97 Å². The Labute approximate surface area is 165 Å². The van der Waals surface area contributed by atoms with E-state index in [0.29, 0.717) is 30.9 Å². The number of ether oxygens (including phenoxy) is 1. The van der Waals surface area contributed by atoms with Crippen LogP contribution in [0.1, 0.15) is 29.8 Å². The molecule has 6 heteroatoms. The van der Waals surface area contributed by atoms with Gasteiger partial charge in [-0.25, -0.2) is 4.79 Å². The molecule has 0 atom stereocenters. The van der Waals surface area contributed by atoms with Gasteiger partial charge in [0.2, 0.25) is 0 Å². The summed E-state index contributed by atoms with van der Waals surface area (Å²) in [6.45, 7) is 5.25. The van der Waals surface area contributed by atoms with Crippen molar-refractivity contribution in [2.75, 3.05) is 18.5 Å². The maximum atomic E-state index is 12.4. The number of benzene rings is 2. The van der Waals surface area contributed by atoms with Crippen molar-refractivity contribution in [2.24, 2.45) is 0 Å². The van der Waals surface area contributed by atoms with E-state index in [1.54, 1.807) is 37.4 Å². The van der Waals surface area contributed by atoms with Gasteiger partial charge < -0.3 is 15.0 Å². The van der Waals surface area contributed by atoms with E-state index in [4.69, 9.17) is 4.74 Å². The van der Waals surface area contributed by atoms with E-state index in [2.05, 4.69) is 5.32 Å². The number of anilines is 1. The first kappa shape index (κ1) is 20.7. The minimum Gasteiger partial charge on any atom is -0.462 e. The molecular formula is C22H23N3O3. The number of carbonyl (C=O) groups excluding carboxylic acids is 2. The smallest absolute Gasteiger partial charge is 0.338 e. The van der Waals surface area contributed by atoms with Crippen LogP contribution in [0.2, 0.25) is 0 Å². The summed E-state index contributed by atoms with van der Waals surface area (Å²) in [5.74, 6) is -0.921. The van der Waals surface area contributed by atoms with Crippen molar-refractivity contribution in [1.82, 2.24) is 4.90 Å². The number of rotatable bonds is 8. The van der Waals surface area contributed by atoms with Gasteiger partial charge in [-0.3, -0.25) is 4.79 Å². The summed E-state index contributed by atoms with van der Waals surface area (Å²) in [6, 6.07) is 18.1. The summed E-state index contributed by atoms with van der Waals surface area (Å²) in [4.78, 5) is 26.0. The largest absolute Gasteiger partial charge is 0.462 e. The Bertz CT molecular complexity index is 868. The lowest BCUT2D eigenvalue weighted by atomic mass is 10.2. The molecule has 2 rings (SSSR count). The standard InChI is InChI=1S/C22H23N3O3/c1-3-25(15-17-8-6-5-7-9-17)16-19(14-23)21(26)24-20-12-10-18(11-13-20)22(27)28-4-2/h5-13,16H,3-4,15H2,1-2H3,(H,24,26)/b19-16-. The molecule has 0 saturated carbocycles. The average molecular weight is 377 g/mol. The van der Waals surface area contributed by atoms with Gasteiger partial charge in [0.15, 0.2) is 0 Å². The van der Waals surface area contributed by atoms with Gasteiger partial charge in [0.05, 0.1) is 12.2 Å². The third kappa shape index (κ3) is 5.99. The molecule has 2 aromatic rings. The van der Waals surface area contributed by atoms with Crippen LogP contribution in [-0.2, 0) is 16.1 Å². The molecule has 144 valence electrons. The first-order valence-electron chi connectivity index (χ1n) is 9.05. The van der Waals surface area contributed by atoms with Crippen LogP contribution in [0.5, 0.6) is 0 Å². The monoisotopic (exact) mass is 377 g/mol. The molecule has 28 heavy (non-hydrogen) atoms. The topological polar surface area (TPSA) is 82.4 Å². The zero-order valence-corrected chi connectivity index (χ0v) is 16.0. The van der Waals surface area contributed by atoms with Gasteiger partial charge in [-0.2, -0.15) is 5.26 Å². The van der Waals surface area contributed by atoms with Gasteiger partial charge in [-0.05, 0) is 43.7 Å². The maximum Gasteiger partial charge on any atom is 0.338 e. The molecule has 1 N–H and O–H groups in total. The Hall–Kier alpha value is -3.59. The van der Waals surface area contributed by atoms with Gasteiger partial charge in [0.25, 0.3) is 5.91 Å². The van der Waals surface area contributed by atoms with Crippen LogP contribution in [0.4, 0.5) is 5.69 Å². The molecular weight excluding hydrogens is 354 g/mol. The molecule has 6 nitrogen and oxygen atoms in total. The Morgan fingerprint density at radius 1 is 1.11 bits per heavy atom. The predicted molar refractivity (Wildman–Crippen MR) is 107 cm³/mol. The third-order valence-electron chi connectivity index (χ3n) is 3.97. The SMILES string of the molecule is CCOC(=O)c1ccc(NC(=O)/C(C#N)=C\N(CC)Cc2ccccc2)cc1. The quantitative estimate of drug-likeness (QED) is 0.431. The van der Waals surface area contributed by atoms with Crippen LogP contribution in [0, 0.1) is 11.3 Å². The summed E-state index contributed by atoms with van der Waals surface area (Å²) in [5.41, 5.74) is 1.99. The fourth-order valence-corrected chi connectivity index (χ4v) is 2.49. The van der Waals surface area contributed by atoms with Crippen LogP contribution in [0.25, 0.3) is 0 Å². The number of nitrogens with one attached hydrogen (secondary N) is 1. The van der Waals surface area contributed by atoms with Gasteiger partial charge in [0, 0.05) is 25.0 Å². The Morgan fingerprint density at radius 2 is 1.79 bits per heavy atom. The zero-order chi connectivity index (χ0) is 20.4. The average Bonchev–Trinajstić information content (AvgIpc) is 2.72. The lowest BCUT2D eigenvalue weighted by Crippen LogP contribution is -2.21. The van der Waals surface area contributed by atoms with Gasteiger partial charge in [-0.1, -0.05) is 30.3 Å². The van der Waals surface area contributed by atoms with E-state index >= 15 is 0 Å². The Morgan fingerprint density at radius 3 is 2.36 bits per heavy atom. The number of hydrogen-bond donors (Lipinski definition) is 1. The number of nitrogens with zero attached hydrogens (tertiary/aromatic N) is 2. The van der Waals surface area contributed by atoms with E-state index in [-0.39, 0.29) is 5.57 Å². The molecule has 0 aromatic heterocycles. The summed E-state index contributed by atoms with van der Waals surface area (Å²) >= 11 is 0. The van der Waals surface area contributed by atoms with Crippen LogP contribution < -0.4 is 5.32 Å². The van der Waals surface area contributed by atoms with E-state index in [0.717, 1.165) is 5.56 Å². The van der Waals surface area contributed by atoms with E-state index < -0.39 is 11.9 Å². The van der Waals surface area contributed by atoms with Gasteiger partial charge in [-0.15, -0.1) is 0 Å². The number of amides is 1. The normalized spacial score (nSPS) is 10.7. The second-order valence-electron chi connectivity index (χ2n) is 5.96. The molecule has 2 aromatic carbocycles. The second kappa shape index (κ2) is 10.5. The second-order valence-corrected chi connectivity index (χ2v) is 5.96. The van der Waals surface area contributed by atoms with Gasteiger partial charge in [0.1, 0.15) is 11.6 Å². The van der Waals surface area contributed by atoms with Crippen LogP contribution in [-0.4, -0.2) is 29.9 Å². The van der Waals surface area contributed by atoms with Crippen molar-refractivity contribution in [2.45, 2.75) is 20.4 Å². The molecule has 0 fully saturated rings. The lowest BCUT2D eigenvalue weighted by Gasteiger charge is -2.19. The molecule has 0 saturated heterocycles. The van der Waals surface area contributed by atoms with E-state index in [9.17, 15) is 14.9 Å². The maximum absolute atomic E-state index is 12.4. The minimum absolute atomic E-state index is 0.00671. The fourth-order valence-electron chi connectivity index (χ4n) is 2.49. The van der Waals surface area contributed by atoms with Crippen molar-refractivity contribution in [3.8, 4) is 6.07 Å². The van der Waals surface area contributed by atoms with Crippen LogP contribution >= 0.6 is 0 Å². The highest BCUT2D eigenvalue weighted by molar-refractivity contribution is 6.06. The summed E-state index contributed by atoms with van der Waals surface area (Å²) in [6.07, 6.45) is 1.56. The molecule has 0 aliphatic rings. The number of carbonyl (C=O) groups is 2. The highest BCUT2D eigenvalue weighted by Gasteiger charge is 2.12. The van der Waals surface area contributed by atoms with Crippen molar-refractivity contribution >= 4 is 17.6 Å². The zero-order valence-electron chi connectivity index (χ0n) is 16.0. The summed E-state index contributed by atoms with van der Waals surface area (Å²) in [5, 5.41) is 12.1. The number of esters is 1.